The highest BCUT2D eigenvalue weighted by Gasteiger charge is 2.37. The number of allylic oxidation sites excluding steroid dienone is 1. The summed E-state index contributed by atoms with van der Waals surface area (Å²) in [5.74, 6) is -0.294. The van der Waals surface area contributed by atoms with Gasteiger partial charge in [0.25, 0.3) is 5.91 Å². The molecule has 0 radical (unpaired) electrons. The van der Waals surface area contributed by atoms with E-state index in [4.69, 9.17) is 4.74 Å². The first-order valence-electron chi connectivity index (χ1n) is 8.02. The molecule has 5 heteroatoms. The minimum Gasteiger partial charge on any atom is -0.462 e. The van der Waals surface area contributed by atoms with Gasteiger partial charge in [-0.15, -0.1) is 0 Å². The van der Waals surface area contributed by atoms with E-state index in [0.717, 1.165) is 10.0 Å². The fourth-order valence-electron chi connectivity index (χ4n) is 2.68. The van der Waals surface area contributed by atoms with Gasteiger partial charge in [-0.3, -0.25) is 4.79 Å². The molecule has 1 aliphatic heterocycles. The lowest BCUT2D eigenvalue weighted by atomic mass is 10.0. The van der Waals surface area contributed by atoms with Gasteiger partial charge < -0.3 is 9.64 Å². The van der Waals surface area contributed by atoms with E-state index < -0.39 is 5.97 Å². The van der Waals surface area contributed by atoms with Crippen LogP contribution in [0.5, 0.6) is 0 Å². The van der Waals surface area contributed by atoms with Crippen LogP contribution < -0.4 is 0 Å². The van der Waals surface area contributed by atoms with Crippen LogP contribution in [0.1, 0.15) is 33.3 Å². The fourth-order valence-corrected chi connectivity index (χ4v) is 3.09. The topological polar surface area (TPSA) is 46.6 Å². The van der Waals surface area contributed by atoms with Crippen molar-refractivity contribution in [2.75, 3.05) is 13.2 Å². The predicted octanol–water partition coefficient (Wildman–Crippen LogP) is 4.17. The molecule has 1 amide bonds. The Hall–Kier alpha value is -1.88. The monoisotopic (exact) mass is 391 g/mol. The largest absolute Gasteiger partial charge is 0.462 e. The fraction of sp³-hybridized carbons (Fsp3) is 0.368. The summed E-state index contributed by atoms with van der Waals surface area (Å²) in [6.07, 6.45) is 1.75. The molecule has 0 aromatic heterocycles. The summed E-state index contributed by atoms with van der Waals surface area (Å²) in [7, 11) is 0. The van der Waals surface area contributed by atoms with Crippen LogP contribution in [-0.2, 0) is 14.3 Å². The number of hydrogen-bond acceptors (Lipinski definition) is 3. The number of rotatable bonds is 5. The molecule has 1 aromatic rings. The smallest absolute Gasteiger partial charge is 0.340 e. The number of carbonyl (C=O) groups excluding carboxylic acids is 2. The molecular formula is C19H22BrNO3. The molecule has 0 N–H and O–H groups in total. The van der Waals surface area contributed by atoms with Gasteiger partial charge in [0.1, 0.15) is 0 Å². The Bertz CT molecular complexity index is 719. The molecule has 128 valence electrons. The number of benzene rings is 1. The number of hydrogen-bond donors (Lipinski definition) is 0. The SMILES string of the molecule is CCOC(=O)C1=C(C)N(CC(C)C)C(=O)C1=Cc1cccc(Br)c1. The molecule has 0 atom stereocenters. The number of halogens is 1. The van der Waals surface area contributed by atoms with Gasteiger partial charge in [0.15, 0.2) is 0 Å². The second-order valence-electron chi connectivity index (χ2n) is 6.10. The summed E-state index contributed by atoms with van der Waals surface area (Å²) in [6.45, 7) is 8.49. The van der Waals surface area contributed by atoms with Gasteiger partial charge in [0.2, 0.25) is 0 Å². The first-order valence-corrected chi connectivity index (χ1v) is 8.82. The lowest BCUT2D eigenvalue weighted by Crippen LogP contribution is -2.28. The van der Waals surface area contributed by atoms with E-state index in [0.29, 0.717) is 29.3 Å². The Balaban J connectivity index is 2.51. The van der Waals surface area contributed by atoms with E-state index in [1.165, 1.54) is 0 Å². The lowest BCUT2D eigenvalue weighted by molar-refractivity contribution is -0.138. The number of nitrogens with zero attached hydrogens (tertiary/aromatic N) is 1. The number of esters is 1. The zero-order chi connectivity index (χ0) is 17.9. The van der Waals surface area contributed by atoms with Crippen molar-refractivity contribution >= 4 is 33.9 Å². The van der Waals surface area contributed by atoms with E-state index in [2.05, 4.69) is 15.9 Å². The van der Waals surface area contributed by atoms with E-state index >= 15 is 0 Å². The summed E-state index contributed by atoms with van der Waals surface area (Å²) >= 11 is 3.42. The van der Waals surface area contributed by atoms with Crippen molar-refractivity contribution in [1.29, 1.82) is 0 Å². The van der Waals surface area contributed by atoms with Gasteiger partial charge in [-0.2, -0.15) is 0 Å². The van der Waals surface area contributed by atoms with Crippen LogP contribution in [0.25, 0.3) is 6.08 Å². The zero-order valence-corrected chi connectivity index (χ0v) is 16.0. The van der Waals surface area contributed by atoms with E-state index in [1.54, 1.807) is 24.8 Å². The van der Waals surface area contributed by atoms with Crippen LogP contribution in [0, 0.1) is 5.92 Å². The first kappa shape index (κ1) is 18.5. The molecule has 0 fully saturated rings. The minimum atomic E-state index is -0.448. The third-order valence-corrected chi connectivity index (χ3v) is 4.19. The molecule has 24 heavy (non-hydrogen) atoms. The van der Waals surface area contributed by atoms with Gasteiger partial charge in [-0.05, 0) is 43.5 Å². The summed E-state index contributed by atoms with van der Waals surface area (Å²) in [5, 5.41) is 0. The maximum absolute atomic E-state index is 12.9. The van der Waals surface area contributed by atoms with Crippen molar-refractivity contribution in [3.63, 3.8) is 0 Å². The lowest BCUT2D eigenvalue weighted by Gasteiger charge is -2.19. The standard InChI is InChI=1S/C19H22BrNO3/c1-5-24-19(23)17-13(4)21(11-12(2)3)18(22)16(17)10-14-7-6-8-15(20)9-14/h6-10,12H,5,11H2,1-4H3. The van der Waals surface area contributed by atoms with Gasteiger partial charge in [0, 0.05) is 16.7 Å². The maximum atomic E-state index is 12.9. The molecule has 4 nitrogen and oxygen atoms in total. The van der Waals surface area contributed by atoms with Crippen molar-refractivity contribution in [3.8, 4) is 0 Å². The Labute approximate surface area is 151 Å². The van der Waals surface area contributed by atoms with E-state index in [-0.39, 0.29) is 12.5 Å². The Morgan fingerprint density at radius 2 is 2.08 bits per heavy atom. The molecule has 1 aromatic carbocycles. The highest BCUT2D eigenvalue weighted by molar-refractivity contribution is 9.10. The number of amides is 1. The van der Waals surface area contributed by atoms with Gasteiger partial charge in [-0.1, -0.05) is 41.9 Å². The van der Waals surface area contributed by atoms with Crippen LogP contribution in [0.4, 0.5) is 0 Å². The predicted molar refractivity (Wildman–Crippen MR) is 98.0 cm³/mol. The van der Waals surface area contributed by atoms with Gasteiger partial charge in [0.05, 0.1) is 17.8 Å². The quantitative estimate of drug-likeness (QED) is 0.558. The van der Waals surface area contributed by atoms with Crippen molar-refractivity contribution in [2.45, 2.75) is 27.7 Å². The summed E-state index contributed by atoms with van der Waals surface area (Å²) < 4.78 is 6.08. The van der Waals surface area contributed by atoms with Gasteiger partial charge >= 0.3 is 5.97 Å². The number of ether oxygens (including phenoxy) is 1. The minimum absolute atomic E-state index is 0.149. The maximum Gasteiger partial charge on any atom is 0.340 e. The highest BCUT2D eigenvalue weighted by Crippen LogP contribution is 2.32. The van der Waals surface area contributed by atoms with Crippen molar-refractivity contribution < 1.29 is 14.3 Å². The third kappa shape index (κ3) is 3.96. The second kappa shape index (κ2) is 7.79. The van der Waals surface area contributed by atoms with E-state index in [9.17, 15) is 9.59 Å². The third-order valence-electron chi connectivity index (χ3n) is 3.70. The van der Waals surface area contributed by atoms with Crippen LogP contribution in [-0.4, -0.2) is 29.9 Å². The molecule has 0 saturated heterocycles. The Morgan fingerprint density at radius 1 is 1.38 bits per heavy atom. The first-order chi connectivity index (χ1) is 11.3. The normalized spacial score (nSPS) is 16.5. The van der Waals surface area contributed by atoms with Crippen molar-refractivity contribution in [1.82, 2.24) is 4.90 Å². The molecule has 0 bridgehead atoms. The van der Waals surface area contributed by atoms with Crippen molar-refractivity contribution in [2.24, 2.45) is 5.92 Å². The van der Waals surface area contributed by atoms with Gasteiger partial charge in [-0.25, -0.2) is 4.79 Å². The average Bonchev–Trinajstić information content (AvgIpc) is 2.72. The van der Waals surface area contributed by atoms with Crippen molar-refractivity contribution in [3.05, 3.63) is 51.1 Å². The molecular weight excluding hydrogens is 370 g/mol. The van der Waals surface area contributed by atoms with Crippen LogP contribution in [0.2, 0.25) is 0 Å². The summed E-state index contributed by atoms with van der Waals surface area (Å²) in [4.78, 5) is 26.9. The van der Waals surface area contributed by atoms with Crippen LogP contribution in [0.3, 0.4) is 0 Å². The van der Waals surface area contributed by atoms with E-state index in [1.807, 2.05) is 38.1 Å². The molecule has 0 aliphatic carbocycles. The number of carbonyl (C=O) groups is 2. The molecule has 0 saturated carbocycles. The average molecular weight is 392 g/mol. The Morgan fingerprint density at radius 3 is 2.67 bits per heavy atom. The summed E-state index contributed by atoms with van der Waals surface area (Å²) in [5.41, 5.74) is 2.27. The van der Waals surface area contributed by atoms with Crippen LogP contribution >= 0.6 is 15.9 Å². The highest BCUT2D eigenvalue weighted by atomic mass is 79.9. The van der Waals surface area contributed by atoms with Crippen LogP contribution in [0.15, 0.2) is 45.6 Å². The molecule has 2 rings (SSSR count). The summed E-state index contributed by atoms with van der Waals surface area (Å²) in [6, 6.07) is 7.61. The zero-order valence-electron chi connectivity index (χ0n) is 14.4. The molecule has 0 spiro atoms. The molecule has 0 unspecified atom stereocenters. The Kier molecular flexibility index (Phi) is 5.99. The second-order valence-corrected chi connectivity index (χ2v) is 7.02. The molecule has 1 heterocycles. The molecule has 1 aliphatic rings.